The minimum atomic E-state index is -0.814. The van der Waals surface area contributed by atoms with Gasteiger partial charge in [-0.3, -0.25) is 9.59 Å². The van der Waals surface area contributed by atoms with E-state index >= 15 is 0 Å². The highest BCUT2D eigenvalue weighted by atomic mass is 16.4. The lowest BCUT2D eigenvalue weighted by molar-refractivity contribution is -0.137. The summed E-state index contributed by atoms with van der Waals surface area (Å²) in [5.41, 5.74) is 1.96. The summed E-state index contributed by atoms with van der Waals surface area (Å²) < 4.78 is 0. The molecule has 1 aromatic rings. The number of carbonyl (C=O) groups excluding carboxylic acids is 1. The summed E-state index contributed by atoms with van der Waals surface area (Å²) >= 11 is 0. The number of carboxylic acid groups (broad SMARTS) is 1. The highest BCUT2D eigenvalue weighted by Gasteiger charge is 2.14. The van der Waals surface area contributed by atoms with Crippen molar-refractivity contribution in [3.63, 3.8) is 0 Å². The molecule has 3 N–H and O–H groups in total. The Balaban J connectivity index is 1.78. The van der Waals surface area contributed by atoms with Crippen molar-refractivity contribution in [1.82, 2.24) is 10.2 Å². The summed E-state index contributed by atoms with van der Waals surface area (Å²) in [7, 11) is 2.12. The molecule has 8 heteroatoms. The van der Waals surface area contributed by atoms with Crippen molar-refractivity contribution in [2.45, 2.75) is 25.7 Å². The van der Waals surface area contributed by atoms with Gasteiger partial charge in [-0.05, 0) is 44.2 Å². The van der Waals surface area contributed by atoms with E-state index in [4.69, 9.17) is 5.11 Å². The molecule has 1 saturated heterocycles. The third-order valence-corrected chi connectivity index (χ3v) is 4.84. The molecule has 0 unspecified atom stereocenters. The molecule has 2 rings (SSSR count). The number of nitrogens with zero attached hydrogens (tertiary/aromatic N) is 3. The molecule has 1 heterocycles. The number of aliphatic carboxylic acids is 1. The van der Waals surface area contributed by atoms with Crippen LogP contribution in [-0.2, 0) is 9.59 Å². The number of hydrogen-bond acceptors (Lipinski definition) is 6. The maximum Gasteiger partial charge on any atom is 0.303 e. The molecular formula is C21H29N5O3. The van der Waals surface area contributed by atoms with Crippen molar-refractivity contribution >= 4 is 23.3 Å². The smallest absolute Gasteiger partial charge is 0.303 e. The Hall–Kier alpha value is -3.05. The minimum absolute atomic E-state index is 0.00122. The van der Waals surface area contributed by atoms with Crippen molar-refractivity contribution in [3.05, 3.63) is 36.0 Å². The van der Waals surface area contributed by atoms with Crippen LogP contribution in [0.5, 0.6) is 0 Å². The topological polar surface area (TPSA) is 109 Å². The largest absolute Gasteiger partial charge is 0.481 e. The molecule has 156 valence electrons. The van der Waals surface area contributed by atoms with Gasteiger partial charge in [-0.25, -0.2) is 0 Å². The van der Waals surface area contributed by atoms with Gasteiger partial charge in [-0.15, -0.1) is 0 Å². The van der Waals surface area contributed by atoms with Crippen LogP contribution in [-0.4, -0.2) is 61.7 Å². The lowest BCUT2D eigenvalue weighted by atomic mass is 10.2. The van der Waals surface area contributed by atoms with Gasteiger partial charge < -0.3 is 25.5 Å². The zero-order valence-corrected chi connectivity index (χ0v) is 16.9. The monoisotopic (exact) mass is 399 g/mol. The number of unbranched alkanes of at least 4 members (excludes halogenated alkanes) is 2. The maximum absolute atomic E-state index is 12.1. The van der Waals surface area contributed by atoms with Gasteiger partial charge in [0.05, 0.1) is 0 Å². The quantitative estimate of drug-likeness (QED) is 0.314. The number of carboxylic acids is 1. The summed E-state index contributed by atoms with van der Waals surface area (Å²) in [5.74, 6) is -1.25. The summed E-state index contributed by atoms with van der Waals surface area (Å²) in [6.07, 6.45) is 3.52. The van der Waals surface area contributed by atoms with Crippen molar-refractivity contribution < 1.29 is 14.7 Å². The molecule has 1 fully saturated rings. The Bertz CT molecular complexity index is 747. The van der Waals surface area contributed by atoms with Crippen molar-refractivity contribution in [2.24, 2.45) is 0 Å². The third kappa shape index (κ3) is 7.84. The Kier molecular flexibility index (Phi) is 8.99. The highest BCUT2D eigenvalue weighted by Crippen LogP contribution is 2.19. The van der Waals surface area contributed by atoms with Gasteiger partial charge in [-0.2, -0.15) is 5.26 Å². The minimum Gasteiger partial charge on any atom is -0.481 e. The molecular weight excluding hydrogens is 370 g/mol. The van der Waals surface area contributed by atoms with Crippen LogP contribution in [0.4, 0.5) is 11.4 Å². The van der Waals surface area contributed by atoms with Crippen LogP contribution in [0, 0.1) is 11.3 Å². The van der Waals surface area contributed by atoms with E-state index in [1.807, 2.05) is 30.3 Å². The number of nitriles is 1. The summed E-state index contributed by atoms with van der Waals surface area (Å²) in [5, 5.41) is 23.5. The number of anilines is 2. The molecule has 1 aliphatic heterocycles. The fraction of sp³-hybridized carbons (Fsp3) is 0.476. The summed E-state index contributed by atoms with van der Waals surface area (Å²) in [4.78, 5) is 27.2. The first kappa shape index (κ1) is 22.2. The summed E-state index contributed by atoms with van der Waals surface area (Å²) in [6.45, 7) is 4.50. The van der Waals surface area contributed by atoms with Crippen LogP contribution in [0.1, 0.15) is 25.7 Å². The van der Waals surface area contributed by atoms with Crippen LogP contribution < -0.4 is 15.5 Å². The standard InChI is InChI=1S/C21H29N5O3/c1-25-11-13-26(14-12-25)19-8-6-18(7-9-19)24-16-17(15-22)21(29)23-10-4-2-3-5-20(27)28/h6-9,16,24H,2-5,10-14H2,1H3,(H,23,29)(H,27,28)/b17-16-. The first-order valence-electron chi connectivity index (χ1n) is 9.90. The second-order valence-corrected chi connectivity index (χ2v) is 7.11. The molecule has 29 heavy (non-hydrogen) atoms. The number of hydrogen-bond donors (Lipinski definition) is 3. The maximum atomic E-state index is 12.1. The SMILES string of the molecule is CN1CCN(c2ccc(N/C=C(/C#N)C(=O)NCCCCCC(=O)O)cc2)CC1. The van der Waals surface area contributed by atoms with Crippen molar-refractivity contribution in [1.29, 1.82) is 5.26 Å². The van der Waals surface area contributed by atoms with Crippen LogP contribution in [0.3, 0.4) is 0 Å². The second-order valence-electron chi connectivity index (χ2n) is 7.11. The first-order chi connectivity index (χ1) is 14.0. The predicted octanol–water partition coefficient (Wildman–Crippen LogP) is 2.02. The van der Waals surface area contributed by atoms with Crippen LogP contribution in [0.25, 0.3) is 0 Å². The fourth-order valence-electron chi connectivity index (χ4n) is 3.01. The van der Waals surface area contributed by atoms with Crippen molar-refractivity contribution in [2.75, 3.05) is 50.0 Å². The van der Waals surface area contributed by atoms with E-state index in [0.29, 0.717) is 19.4 Å². The second kappa shape index (κ2) is 11.7. The van der Waals surface area contributed by atoms with Gasteiger partial charge in [0, 0.05) is 56.7 Å². The lowest BCUT2D eigenvalue weighted by Crippen LogP contribution is -2.44. The predicted molar refractivity (Wildman–Crippen MR) is 113 cm³/mol. The number of benzene rings is 1. The summed E-state index contributed by atoms with van der Waals surface area (Å²) in [6, 6.07) is 9.83. The van der Waals surface area contributed by atoms with E-state index in [2.05, 4.69) is 27.5 Å². The number of nitrogens with one attached hydrogen (secondary N) is 2. The van der Waals surface area contributed by atoms with E-state index in [9.17, 15) is 14.9 Å². The van der Waals surface area contributed by atoms with Crippen LogP contribution in [0.2, 0.25) is 0 Å². The normalized spacial score (nSPS) is 14.9. The molecule has 0 saturated carbocycles. The van der Waals surface area contributed by atoms with Crippen LogP contribution in [0.15, 0.2) is 36.0 Å². The van der Waals surface area contributed by atoms with Gasteiger partial charge in [0.25, 0.3) is 5.91 Å². The van der Waals surface area contributed by atoms with Crippen molar-refractivity contribution in [3.8, 4) is 6.07 Å². The molecule has 0 aromatic heterocycles. The van der Waals surface area contributed by atoms with Gasteiger partial charge >= 0.3 is 5.97 Å². The average Bonchev–Trinajstić information content (AvgIpc) is 2.72. The number of amides is 1. The fourth-order valence-corrected chi connectivity index (χ4v) is 3.01. The Morgan fingerprint density at radius 1 is 1.14 bits per heavy atom. The van der Waals surface area contributed by atoms with Gasteiger partial charge in [0.1, 0.15) is 11.6 Å². The van der Waals surface area contributed by atoms with E-state index in [-0.39, 0.29) is 12.0 Å². The molecule has 0 bridgehead atoms. The van der Waals surface area contributed by atoms with Gasteiger partial charge in [0.2, 0.25) is 0 Å². The molecule has 8 nitrogen and oxygen atoms in total. The average molecular weight is 399 g/mol. The molecule has 0 radical (unpaired) electrons. The Morgan fingerprint density at radius 2 is 1.83 bits per heavy atom. The number of piperazine rings is 1. The Labute approximate surface area is 171 Å². The van der Waals surface area contributed by atoms with E-state index < -0.39 is 11.9 Å². The lowest BCUT2D eigenvalue weighted by Gasteiger charge is -2.34. The van der Waals surface area contributed by atoms with Crippen LogP contribution >= 0.6 is 0 Å². The third-order valence-electron chi connectivity index (χ3n) is 4.84. The van der Waals surface area contributed by atoms with E-state index in [1.165, 1.54) is 6.20 Å². The zero-order chi connectivity index (χ0) is 21.1. The number of likely N-dealkylation sites (N-methyl/N-ethyl adjacent to an activating group) is 1. The molecule has 1 aromatic carbocycles. The molecule has 1 aliphatic rings. The highest BCUT2D eigenvalue weighted by molar-refractivity contribution is 5.97. The van der Waals surface area contributed by atoms with Gasteiger partial charge in [0.15, 0.2) is 0 Å². The molecule has 0 aliphatic carbocycles. The number of rotatable bonds is 10. The molecule has 0 spiro atoms. The first-order valence-corrected chi connectivity index (χ1v) is 9.90. The zero-order valence-electron chi connectivity index (χ0n) is 16.9. The van der Waals surface area contributed by atoms with Gasteiger partial charge in [-0.1, -0.05) is 6.42 Å². The number of carbonyl (C=O) groups is 2. The molecule has 0 atom stereocenters. The Morgan fingerprint density at radius 3 is 2.45 bits per heavy atom. The molecule has 1 amide bonds. The van der Waals surface area contributed by atoms with E-state index in [1.54, 1.807) is 0 Å². The van der Waals surface area contributed by atoms with E-state index in [0.717, 1.165) is 44.0 Å².